The van der Waals surface area contributed by atoms with Gasteiger partial charge in [0.1, 0.15) is 0 Å². The largest absolute Gasteiger partial charge is 0.481 e. The van der Waals surface area contributed by atoms with E-state index < -0.39 is 5.97 Å². The molecule has 8 heteroatoms. The van der Waals surface area contributed by atoms with Gasteiger partial charge >= 0.3 is 12.0 Å². The lowest BCUT2D eigenvalue weighted by Crippen LogP contribution is -2.42. The van der Waals surface area contributed by atoms with Crippen LogP contribution in [0.5, 0.6) is 0 Å². The molecule has 1 aliphatic heterocycles. The molecule has 108 valence electrons. The van der Waals surface area contributed by atoms with Gasteiger partial charge in [-0.25, -0.2) is 9.78 Å². The van der Waals surface area contributed by atoms with Crippen LogP contribution in [0.25, 0.3) is 0 Å². The molecule has 1 saturated heterocycles. The molecule has 2 heterocycles. The molecule has 0 aliphatic carbocycles. The fourth-order valence-corrected chi connectivity index (χ4v) is 2.01. The number of carboxylic acid groups (broad SMARTS) is 1. The molecule has 1 aliphatic rings. The lowest BCUT2D eigenvalue weighted by atomic mass is 9.97. The quantitative estimate of drug-likeness (QED) is 0.829. The van der Waals surface area contributed by atoms with Gasteiger partial charge in [-0.1, -0.05) is 0 Å². The molecule has 20 heavy (non-hydrogen) atoms. The van der Waals surface area contributed by atoms with Gasteiger partial charge in [0.2, 0.25) is 0 Å². The van der Waals surface area contributed by atoms with Gasteiger partial charge in [-0.2, -0.15) is 5.10 Å². The summed E-state index contributed by atoms with van der Waals surface area (Å²) in [5.74, 6) is -0.996. The molecule has 0 saturated carbocycles. The average molecular weight is 279 g/mol. The van der Waals surface area contributed by atoms with Crippen LogP contribution in [-0.2, 0) is 4.79 Å². The van der Waals surface area contributed by atoms with E-state index in [1.54, 1.807) is 18.7 Å². The maximum Gasteiger partial charge on any atom is 0.324 e. The molecule has 1 aromatic rings. The number of carboxylic acids is 1. The molecule has 1 fully saturated rings. The van der Waals surface area contributed by atoms with Crippen LogP contribution < -0.4 is 5.32 Å². The van der Waals surface area contributed by atoms with Gasteiger partial charge in [0.25, 0.3) is 5.95 Å². The zero-order valence-electron chi connectivity index (χ0n) is 11.5. The summed E-state index contributed by atoms with van der Waals surface area (Å²) in [7, 11) is 0. The Morgan fingerprint density at radius 3 is 2.40 bits per heavy atom. The van der Waals surface area contributed by atoms with Crippen molar-refractivity contribution >= 4 is 17.9 Å². The molecule has 0 radical (unpaired) electrons. The van der Waals surface area contributed by atoms with Crippen molar-refractivity contribution in [3.8, 4) is 0 Å². The molecular formula is C12H17N5O3. The van der Waals surface area contributed by atoms with Crippen LogP contribution in [0.3, 0.4) is 0 Å². The molecule has 8 nitrogen and oxygen atoms in total. The number of likely N-dealkylation sites (tertiary alicyclic amines) is 1. The number of carbonyl (C=O) groups is 2. The predicted octanol–water partition coefficient (Wildman–Crippen LogP) is 0.817. The first-order valence-corrected chi connectivity index (χ1v) is 6.44. The van der Waals surface area contributed by atoms with Crippen LogP contribution in [0.4, 0.5) is 10.7 Å². The van der Waals surface area contributed by atoms with E-state index in [0.29, 0.717) is 37.3 Å². The van der Waals surface area contributed by atoms with Crippen LogP contribution in [0.2, 0.25) is 0 Å². The van der Waals surface area contributed by atoms with E-state index in [0.717, 1.165) is 0 Å². The minimum atomic E-state index is -0.799. The number of amides is 2. The normalized spacial score (nSPS) is 16.0. The van der Waals surface area contributed by atoms with Crippen LogP contribution in [0.15, 0.2) is 0 Å². The number of nitrogens with zero attached hydrogens (tertiary/aromatic N) is 4. The molecule has 0 atom stereocenters. The van der Waals surface area contributed by atoms with Crippen molar-refractivity contribution < 1.29 is 14.7 Å². The molecule has 0 aromatic carbocycles. The Hall–Kier alpha value is -2.25. The van der Waals surface area contributed by atoms with E-state index in [-0.39, 0.29) is 17.9 Å². The Kier molecular flexibility index (Phi) is 4.11. The van der Waals surface area contributed by atoms with Gasteiger partial charge in [-0.3, -0.25) is 10.1 Å². The van der Waals surface area contributed by atoms with E-state index >= 15 is 0 Å². The fraction of sp³-hybridized carbons (Fsp3) is 0.583. The number of carbonyl (C=O) groups excluding carboxylic acids is 1. The van der Waals surface area contributed by atoms with E-state index in [2.05, 4.69) is 20.5 Å². The third kappa shape index (κ3) is 3.19. The fourth-order valence-electron chi connectivity index (χ4n) is 2.01. The maximum atomic E-state index is 12.0. The number of aryl methyl sites for hydroxylation is 2. The minimum absolute atomic E-state index is 0.165. The number of piperidine rings is 1. The molecule has 2 amide bonds. The third-order valence-electron chi connectivity index (χ3n) is 3.44. The molecule has 1 aromatic heterocycles. The highest BCUT2D eigenvalue weighted by molar-refractivity contribution is 5.87. The Bertz CT molecular complexity index is 526. The number of aromatic nitrogens is 3. The predicted molar refractivity (Wildman–Crippen MR) is 70.3 cm³/mol. The zero-order chi connectivity index (χ0) is 14.7. The highest BCUT2D eigenvalue weighted by atomic mass is 16.4. The lowest BCUT2D eigenvalue weighted by molar-refractivity contribution is -0.143. The van der Waals surface area contributed by atoms with Crippen molar-refractivity contribution in [3.63, 3.8) is 0 Å². The summed E-state index contributed by atoms with van der Waals surface area (Å²) < 4.78 is 0. The molecular weight excluding hydrogens is 262 g/mol. The monoisotopic (exact) mass is 279 g/mol. The van der Waals surface area contributed by atoms with Crippen molar-refractivity contribution in [2.45, 2.75) is 26.7 Å². The van der Waals surface area contributed by atoms with Crippen molar-refractivity contribution in [2.75, 3.05) is 18.4 Å². The summed E-state index contributed by atoms with van der Waals surface area (Å²) in [6.45, 7) is 4.41. The number of hydrogen-bond donors (Lipinski definition) is 2. The Balaban J connectivity index is 1.92. The van der Waals surface area contributed by atoms with E-state index in [1.807, 2.05) is 0 Å². The van der Waals surface area contributed by atoms with Crippen molar-refractivity contribution in [1.82, 2.24) is 20.1 Å². The highest BCUT2D eigenvalue weighted by Crippen LogP contribution is 2.17. The van der Waals surface area contributed by atoms with Crippen LogP contribution in [-0.4, -0.2) is 50.3 Å². The molecule has 2 N–H and O–H groups in total. The van der Waals surface area contributed by atoms with Crippen LogP contribution in [0, 0.1) is 19.8 Å². The van der Waals surface area contributed by atoms with E-state index in [9.17, 15) is 9.59 Å². The third-order valence-corrected chi connectivity index (χ3v) is 3.44. The Morgan fingerprint density at radius 1 is 1.20 bits per heavy atom. The lowest BCUT2D eigenvalue weighted by Gasteiger charge is -2.29. The van der Waals surface area contributed by atoms with E-state index in [4.69, 9.17) is 5.11 Å². The first-order chi connectivity index (χ1) is 9.47. The zero-order valence-corrected chi connectivity index (χ0v) is 11.5. The first-order valence-electron chi connectivity index (χ1n) is 6.44. The second-order valence-corrected chi connectivity index (χ2v) is 4.84. The number of anilines is 1. The number of aliphatic carboxylic acids is 1. The standard InChI is InChI=1S/C12H17N5O3/c1-7-8(2)15-16-11(13-7)14-12(20)17-5-3-9(4-6-17)10(18)19/h9H,3-6H2,1-2H3,(H,18,19)(H,13,14,16,20). The summed E-state index contributed by atoms with van der Waals surface area (Å²) in [4.78, 5) is 28.5. The SMILES string of the molecule is Cc1nnc(NC(=O)N2CCC(C(=O)O)CC2)nc1C. The Labute approximate surface area is 116 Å². The van der Waals surface area contributed by atoms with E-state index in [1.165, 1.54) is 0 Å². The van der Waals surface area contributed by atoms with Gasteiger partial charge in [-0.15, -0.1) is 5.10 Å². The summed E-state index contributed by atoms with van der Waals surface area (Å²) >= 11 is 0. The smallest absolute Gasteiger partial charge is 0.324 e. The molecule has 0 unspecified atom stereocenters. The number of hydrogen-bond acceptors (Lipinski definition) is 5. The Morgan fingerprint density at radius 2 is 1.85 bits per heavy atom. The number of rotatable bonds is 2. The minimum Gasteiger partial charge on any atom is -0.481 e. The summed E-state index contributed by atoms with van der Waals surface area (Å²) in [6.07, 6.45) is 0.934. The van der Waals surface area contributed by atoms with Crippen molar-refractivity contribution in [2.24, 2.45) is 5.92 Å². The second-order valence-electron chi connectivity index (χ2n) is 4.84. The van der Waals surface area contributed by atoms with Crippen molar-refractivity contribution in [3.05, 3.63) is 11.4 Å². The number of nitrogens with one attached hydrogen (secondary N) is 1. The van der Waals surface area contributed by atoms with Gasteiger partial charge in [0.05, 0.1) is 17.3 Å². The van der Waals surface area contributed by atoms with Crippen LogP contribution in [0.1, 0.15) is 24.2 Å². The van der Waals surface area contributed by atoms with Crippen molar-refractivity contribution in [1.29, 1.82) is 0 Å². The van der Waals surface area contributed by atoms with Gasteiger partial charge < -0.3 is 10.0 Å². The summed E-state index contributed by atoms with van der Waals surface area (Å²) in [5, 5.41) is 19.2. The topological polar surface area (TPSA) is 108 Å². The van der Waals surface area contributed by atoms with Gasteiger partial charge in [0.15, 0.2) is 0 Å². The van der Waals surface area contributed by atoms with Gasteiger partial charge in [0, 0.05) is 13.1 Å². The average Bonchev–Trinajstić information content (AvgIpc) is 2.43. The molecule has 2 rings (SSSR count). The summed E-state index contributed by atoms with van der Waals surface area (Å²) in [6, 6.07) is -0.320. The highest BCUT2D eigenvalue weighted by Gasteiger charge is 2.27. The molecule has 0 bridgehead atoms. The maximum absolute atomic E-state index is 12.0. The summed E-state index contributed by atoms with van der Waals surface area (Å²) in [5.41, 5.74) is 1.42. The number of urea groups is 1. The second kappa shape index (κ2) is 5.81. The van der Waals surface area contributed by atoms with Crippen LogP contribution >= 0.6 is 0 Å². The van der Waals surface area contributed by atoms with Gasteiger partial charge in [-0.05, 0) is 26.7 Å². The first kappa shape index (κ1) is 14.2. The molecule has 0 spiro atoms.